The molecule has 0 aliphatic carbocycles. The molecule has 0 saturated heterocycles. The summed E-state index contributed by atoms with van der Waals surface area (Å²) in [5, 5.41) is 1.39. The van der Waals surface area contributed by atoms with E-state index in [1.807, 2.05) is 0 Å². The minimum Gasteiger partial charge on any atom is -0.404 e. The summed E-state index contributed by atoms with van der Waals surface area (Å²) in [6, 6.07) is 10.6. The van der Waals surface area contributed by atoms with Gasteiger partial charge in [0, 0.05) is 0 Å². The molecule has 0 radical (unpaired) electrons. The quantitative estimate of drug-likeness (QED) is 0.607. The standard InChI is InChI=1S/C15H24OSi2/c1-14(16-17(2,3)4)12-13-18(5,6)15-10-8-7-9-11-15/h7-11,14H,1-6H3/t14-/m1/s1. The predicted octanol–water partition coefficient (Wildman–Crippen LogP) is 3.38. The molecule has 0 unspecified atom stereocenters. The second-order valence-electron chi connectivity index (χ2n) is 6.13. The zero-order valence-corrected chi connectivity index (χ0v) is 14.4. The van der Waals surface area contributed by atoms with Crippen molar-refractivity contribution in [3.05, 3.63) is 30.3 Å². The van der Waals surface area contributed by atoms with Crippen LogP contribution in [0.5, 0.6) is 0 Å². The third-order valence-corrected chi connectivity index (χ3v) is 6.22. The maximum Gasteiger partial charge on any atom is 0.185 e. The second-order valence-corrected chi connectivity index (χ2v) is 14.7. The molecule has 1 rings (SSSR count). The molecule has 0 aromatic heterocycles. The Labute approximate surface area is 114 Å². The van der Waals surface area contributed by atoms with E-state index < -0.39 is 16.4 Å². The molecule has 0 fully saturated rings. The van der Waals surface area contributed by atoms with Crippen molar-refractivity contribution in [1.82, 2.24) is 0 Å². The van der Waals surface area contributed by atoms with E-state index in [2.05, 4.69) is 81.5 Å². The van der Waals surface area contributed by atoms with Gasteiger partial charge in [0.25, 0.3) is 0 Å². The van der Waals surface area contributed by atoms with Crippen molar-refractivity contribution in [2.75, 3.05) is 0 Å². The van der Waals surface area contributed by atoms with Gasteiger partial charge < -0.3 is 4.43 Å². The fraction of sp³-hybridized carbons (Fsp3) is 0.467. The highest BCUT2D eigenvalue weighted by atomic mass is 28.4. The van der Waals surface area contributed by atoms with Gasteiger partial charge in [0.1, 0.15) is 6.10 Å². The van der Waals surface area contributed by atoms with E-state index in [4.69, 9.17) is 4.43 Å². The molecule has 1 atom stereocenters. The number of hydrogen-bond donors (Lipinski definition) is 0. The van der Waals surface area contributed by atoms with Crippen molar-refractivity contribution >= 4 is 21.6 Å². The summed E-state index contributed by atoms with van der Waals surface area (Å²) in [6.07, 6.45) is 0.0483. The summed E-state index contributed by atoms with van der Waals surface area (Å²) >= 11 is 0. The van der Waals surface area contributed by atoms with E-state index in [0.717, 1.165) is 0 Å². The average molecular weight is 277 g/mol. The lowest BCUT2D eigenvalue weighted by Crippen LogP contribution is -2.40. The average Bonchev–Trinajstić information content (AvgIpc) is 2.26. The Morgan fingerprint density at radius 3 is 2.06 bits per heavy atom. The first-order valence-electron chi connectivity index (χ1n) is 6.47. The molecule has 0 aliphatic rings. The van der Waals surface area contributed by atoms with Crippen molar-refractivity contribution in [3.8, 4) is 11.5 Å². The molecular formula is C15H24OSi2. The van der Waals surface area contributed by atoms with Gasteiger partial charge >= 0.3 is 0 Å². The number of rotatable bonds is 3. The normalized spacial score (nSPS) is 13.7. The highest BCUT2D eigenvalue weighted by Crippen LogP contribution is 2.07. The molecule has 0 aliphatic heterocycles. The first-order valence-corrected chi connectivity index (χ1v) is 12.9. The lowest BCUT2D eigenvalue weighted by atomic mass is 10.4. The van der Waals surface area contributed by atoms with Crippen LogP contribution in [-0.4, -0.2) is 22.5 Å². The molecule has 0 heterocycles. The monoisotopic (exact) mass is 276 g/mol. The SMILES string of the molecule is C[C@H](C#C[Si](C)(C)c1ccccc1)O[Si](C)(C)C. The highest BCUT2D eigenvalue weighted by molar-refractivity contribution is 6.96. The molecule has 18 heavy (non-hydrogen) atoms. The Morgan fingerprint density at radius 2 is 1.56 bits per heavy atom. The van der Waals surface area contributed by atoms with Crippen molar-refractivity contribution in [3.63, 3.8) is 0 Å². The summed E-state index contributed by atoms with van der Waals surface area (Å²) in [6.45, 7) is 13.2. The largest absolute Gasteiger partial charge is 0.404 e. The first-order chi connectivity index (χ1) is 8.21. The Balaban J connectivity index is 2.78. The third-order valence-electron chi connectivity index (χ3n) is 2.61. The van der Waals surface area contributed by atoms with Gasteiger partial charge in [-0.3, -0.25) is 0 Å². The van der Waals surface area contributed by atoms with E-state index in [-0.39, 0.29) is 6.10 Å². The maximum atomic E-state index is 5.96. The maximum absolute atomic E-state index is 5.96. The van der Waals surface area contributed by atoms with Crippen LogP contribution in [0.4, 0.5) is 0 Å². The van der Waals surface area contributed by atoms with Crippen LogP contribution < -0.4 is 5.19 Å². The lowest BCUT2D eigenvalue weighted by molar-refractivity contribution is 0.272. The van der Waals surface area contributed by atoms with Gasteiger partial charge in [-0.1, -0.05) is 49.3 Å². The Bertz CT molecular complexity index is 435. The minimum atomic E-state index is -1.64. The van der Waals surface area contributed by atoms with Gasteiger partial charge in [0.15, 0.2) is 16.4 Å². The molecule has 1 nitrogen and oxygen atoms in total. The Kier molecular flexibility index (Phi) is 4.97. The van der Waals surface area contributed by atoms with Crippen LogP contribution in [0.2, 0.25) is 32.7 Å². The van der Waals surface area contributed by atoms with Crippen molar-refractivity contribution in [1.29, 1.82) is 0 Å². The van der Waals surface area contributed by atoms with Crippen LogP contribution in [-0.2, 0) is 4.43 Å². The van der Waals surface area contributed by atoms with E-state index in [0.29, 0.717) is 0 Å². The van der Waals surface area contributed by atoms with Crippen LogP contribution >= 0.6 is 0 Å². The van der Waals surface area contributed by atoms with Crippen LogP contribution in [0.3, 0.4) is 0 Å². The molecule has 0 amide bonds. The fourth-order valence-electron chi connectivity index (χ4n) is 1.77. The first kappa shape index (κ1) is 15.2. The molecule has 3 heteroatoms. The van der Waals surface area contributed by atoms with E-state index in [9.17, 15) is 0 Å². The van der Waals surface area contributed by atoms with E-state index in [1.165, 1.54) is 5.19 Å². The molecular weight excluding hydrogens is 252 g/mol. The summed E-state index contributed by atoms with van der Waals surface area (Å²) in [7, 11) is -3.13. The van der Waals surface area contributed by atoms with Crippen molar-refractivity contribution in [2.45, 2.75) is 45.8 Å². The molecule has 98 valence electrons. The lowest BCUT2D eigenvalue weighted by Gasteiger charge is -2.21. The minimum absolute atomic E-state index is 0.0483. The van der Waals surface area contributed by atoms with Crippen molar-refractivity contribution < 1.29 is 4.43 Å². The molecule has 0 spiro atoms. The van der Waals surface area contributed by atoms with E-state index >= 15 is 0 Å². The van der Waals surface area contributed by atoms with Gasteiger partial charge in [0.05, 0.1) is 0 Å². The number of hydrogen-bond acceptors (Lipinski definition) is 1. The highest BCUT2D eigenvalue weighted by Gasteiger charge is 2.21. The summed E-state index contributed by atoms with van der Waals surface area (Å²) in [5.74, 6) is 3.30. The molecule has 0 bridgehead atoms. The number of benzene rings is 1. The predicted molar refractivity (Wildman–Crippen MR) is 85.2 cm³/mol. The molecule has 0 saturated carbocycles. The zero-order chi connectivity index (χ0) is 13.8. The topological polar surface area (TPSA) is 9.23 Å². The van der Waals surface area contributed by atoms with Crippen molar-refractivity contribution in [2.24, 2.45) is 0 Å². The van der Waals surface area contributed by atoms with Gasteiger partial charge in [-0.2, -0.15) is 0 Å². The smallest absolute Gasteiger partial charge is 0.185 e. The van der Waals surface area contributed by atoms with Crippen LogP contribution in [0.25, 0.3) is 0 Å². The third kappa shape index (κ3) is 5.22. The van der Waals surface area contributed by atoms with Crippen LogP contribution in [0, 0.1) is 11.5 Å². The van der Waals surface area contributed by atoms with E-state index in [1.54, 1.807) is 0 Å². The Hall–Kier alpha value is -0.826. The van der Waals surface area contributed by atoms with Gasteiger partial charge in [0.2, 0.25) is 0 Å². The van der Waals surface area contributed by atoms with Gasteiger partial charge in [-0.15, -0.1) is 5.54 Å². The van der Waals surface area contributed by atoms with Crippen LogP contribution in [0.15, 0.2) is 30.3 Å². The fourth-order valence-corrected chi connectivity index (χ4v) is 4.62. The molecule has 0 N–H and O–H groups in total. The van der Waals surface area contributed by atoms with Gasteiger partial charge in [-0.05, 0) is 31.8 Å². The second kappa shape index (κ2) is 5.88. The summed E-state index contributed by atoms with van der Waals surface area (Å²) < 4.78 is 5.96. The molecule has 1 aromatic carbocycles. The summed E-state index contributed by atoms with van der Waals surface area (Å²) in [4.78, 5) is 0. The van der Waals surface area contributed by atoms with Crippen LogP contribution in [0.1, 0.15) is 6.92 Å². The summed E-state index contributed by atoms with van der Waals surface area (Å²) in [5.41, 5.74) is 3.48. The van der Waals surface area contributed by atoms with Gasteiger partial charge in [-0.25, -0.2) is 0 Å². The Morgan fingerprint density at radius 1 is 1.00 bits per heavy atom. The molecule has 1 aromatic rings. The zero-order valence-electron chi connectivity index (χ0n) is 12.4.